The molecular weight excluding hydrogens is 463 g/mol. The van der Waals surface area contributed by atoms with Gasteiger partial charge in [0.05, 0.1) is 24.7 Å². The number of carbonyl (C=O) groups excluding carboxylic acids is 2. The average molecular weight is 489 g/mol. The van der Waals surface area contributed by atoms with Gasteiger partial charge in [0.1, 0.15) is 0 Å². The van der Waals surface area contributed by atoms with E-state index in [9.17, 15) is 22.8 Å². The third-order valence-corrected chi connectivity index (χ3v) is 6.19. The summed E-state index contributed by atoms with van der Waals surface area (Å²) < 4.78 is 46.8. The molecule has 1 amide bonds. The van der Waals surface area contributed by atoms with Crippen LogP contribution in [0.5, 0.6) is 5.75 Å². The smallest absolute Gasteiger partial charge is 0.417 e. The highest BCUT2D eigenvalue weighted by molar-refractivity contribution is 5.93. The summed E-state index contributed by atoms with van der Waals surface area (Å²) in [6.45, 7) is 3.14. The van der Waals surface area contributed by atoms with E-state index in [1.165, 1.54) is 18.2 Å². The minimum atomic E-state index is -4.58. The highest BCUT2D eigenvalue weighted by atomic mass is 19.4. The summed E-state index contributed by atoms with van der Waals surface area (Å²) in [7, 11) is 0. The molecular formula is C26H26F3NO5. The number of likely N-dealkylation sites (tertiary alicyclic amines) is 1. The molecule has 1 saturated heterocycles. The van der Waals surface area contributed by atoms with Crippen LogP contribution in [0.15, 0.2) is 42.5 Å². The van der Waals surface area contributed by atoms with E-state index in [1.54, 1.807) is 36.1 Å². The van der Waals surface area contributed by atoms with Crippen molar-refractivity contribution in [3.05, 3.63) is 59.2 Å². The fourth-order valence-electron chi connectivity index (χ4n) is 4.40. The molecule has 1 fully saturated rings. The fourth-order valence-corrected chi connectivity index (χ4v) is 4.40. The van der Waals surface area contributed by atoms with Crippen molar-refractivity contribution in [1.82, 2.24) is 4.90 Å². The van der Waals surface area contributed by atoms with Gasteiger partial charge in [-0.15, -0.1) is 0 Å². The minimum absolute atomic E-state index is 0.000592. The van der Waals surface area contributed by atoms with Crippen molar-refractivity contribution in [2.75, 3.05) is 26.3 Å². The monoisotopic (exact) mass is 489 g/mol. The van der Waals surface area contributed by atoms with E-state index in [0.29, 0.717) is 56.9 Å². The number of amides is 1. The summed E-state index contributed by atoms with van der Waals surface area (Å²) in [5.74, 6) is -0.336. The number of piperidine rings is 1. The zero-order chi connectivity index (χ0) is 25.0. The lowest BCUT2D eigenvalue weighted by Gasteiger charge is -2.30. The molecule has 2 aromatic rings. The Morgan fingerprint density at radius 1 is 1.17 bits per heavy atom. The van der Waals surface area contributed by atoms with E-state index in [1.807, 2.05) is 0 Å². The maximum absolute atomic E-state index is 13.9. The third kappa shape index (κ3) is 5.67. The fraction of sp³-hybridized carbons (Fsp3) is 0.385. The van der Waals surface area contributed by atoms with Crippen LogP contribution in [0.4, 0.5) is 13.2 Å². The third-order valence-electron chi connectivity index (χ3n) is 6.19. The predicted octanol–water partition coefficient (Wildman–Crippen LogP) is 5.05. The number of hydrogen-bond donors (Lipinski definition) is 0. The highest BCUT2D eigenvalue weighted by Gasteiger charge is 2.35. The lowest BCUT2D eigenvalue weighted by molar-refractivity contribution is -0.215. The molecule has 0 bridgehead atoms. The van der Waals surface area contributed by atoms with Crippen LogP contribution in [0.25, 0.3) is 17.2 Å². The second-order valence-corrected chi connectivity index (χ2v) is 8.43. The van der Waals surface area contributed by atoms with Gasteiger partial charge in [0.15, 0.2) is 5.75 Å². The molecule has 0 N–H and O–H groups in total. The summed E-state index contributed by atoms with van der Waals surface area (Å²) in [5, 5.41) is 0. The standard InChI is InChI=1S/C26H26F3NO5/c1-2-33-25(32)18-10-13-30(14-11-18)23(31)9-7-17-4-3-5-21(26(27,28)29)24(17)20-6-8-22-19(16-20)12-15-34-35-22/h3-9,16,18H,2,10-15H2,1H3/b9-7+. The minimum Gasteiger partial charge on any atom is -0.466 e. The summed E-state index contributed by atoms with van der Waals surface area (Å²) >= 11 is 0. The van der Waals surface area contributed by atoms with Gasteiger partial charge in [-0.05, 0) is 55.2 Å². The summed E-state index contributed by atoms with van der Waals surface area (Å²) in [6.07, 6.45) is -0.360. The number of alkyl halides is 3. The highest BCUT2D eigenvalue weighted by Crippen LogP contribution is 2.41. The predicted molar refractivity (Wildman–Crippen MR) is 122 cm³/mol. The van der Waals surface area contributed by atoms with E-state index < -0.39 is 11.7 Å². The number of rotatable bonds is 5. The molecule has 0 aromatic heterocycles. The molecule has 4 rings (SSSR count). The second-order valence-electron chi connectivity index (χ2n) is 8.43. The van der Waals surface area contributed by atoms with Gasteiger partial charge in [0, 0.05) is 36.7 Å². The molecule has 2 heterocycles. The Morgan fingerprint density at radius 3 is 2.66 bits per heavy atom. The number of carbonyl (C=O) groups is 2. The first-order valence-electron chi connectivity index (χ1n) is 11.5. The lowest BCUT2D eigenvalue weighted by Crippen LogP contribution is -2.39. The Hall–Kier alpha value is -3.33. The Labute approximate surface area is 201 Å². The number of hydrogen-bond acceptors (Lipinski definition) is 5. The van der Waals surface area contributed by atoms with E-state index in [0.717, 1.165) is 11.6 Å². The molecule has 0 unspecified atom stereocenters. The van der Waals surface area contributed by atoms with Gasteiger partial charge in [0.2, 0.25) is 5.91 Å². The van der Waals surface area contributed by atoms with Crippen LogP contribution in [0.1, 0.15) is 36.5 Å². The molecule has 6 nitrogen and oxygen atoms in total. The SMILES string of the molecule is CCOC(=O)C1CCN(C(=O)/C=C/c2cccc(C(F)(F)F)c2-c2ccc3c(c2)CCOO3)CC1. The van der Waals surface area contributed by atoms with Crippen molar-refractivity contribution in [2.24, 2.45) is 5.92 Å². The van der Waals surface area contributed by atoms with Gasteiger partial charge in [-0.3, -0.25) is 9.59 Å². The van der Waals surface area contributed by atoms with Gasteiger partial charge in [-0.25, -0.2) is 0 Å². The molecule has 2 aliphatic rings. The Kier molecular flexibility index (Phi) is 7.45. The number of ether oxygens (including phenoxy) is 1. The van der Waals surface area contributed by atoms with Crippen LogP contribution in [-0.4, -0.2) is 43.1 Å². The first-order chi connectivity index (χ1) is 16.8. The van der Waals surface area contributed by atoms with Crippen LogP contribution in [0, 0.1) is 5.92 Å². The zero-order valence-electron chi connectivity index (χ0n) is 19.3. The van der Waals surface area contributed by atoms with Crippen molar-refractivity contribution < 1.29 is 37.3 Å². The van der Waals surface area contributed by atoms with Crippen molar-refractivity contribution in [3.8, 4) is 16.9 Å². The molecule has 0 spiro atoms. The topological polar surface area (TPSA) is 65.1 Å². The van der Waals surface area contributed by atoms with Crippen LogP contribution >= 0.6 is 0 Å². The van der Waals surface area contributed by atoms with Crippen LogP contribution < -0.4 is 4.89 Å². The van der Waals surface area contributed by atoms with E-state index in [2.05, 4.69) is 0 Å². The van der Waals surface area contributed by atoms with E-state index >= 15 is 0 Å². The van der Waals surface area contributed by atoms with Crippen molar-refractivity contribution >= 4 is 18.0 Å². The number of esters is 1. The molecule has 186 valence electrons. The van der Waals surface area contributed by atoms with Crippen LogP contribution in [-0.2, 0) is 31.8 Å². The molecule has 35 heavy (non-hydrogen) atoms. The second kappa shape index (κ2) is 10.5. The van der Waals surface area contributed by atoms with Gasteiger partial charge in [-0.1, -0.05) is 18.2 Å². The number of halogens is 3. The molecule has 2 aliphatic heterocycles. The van der Waals surface area contributed by atoms with Crippen LogP contribution in [0.2, 0.25) is 0 Å². The number of benzene rings is 2. The van der Waals surface area contributed by atoms with Gasteiger partial charge < -0.3 is 14.5 Å². The normalized spacial score (nSPS) is 16.6. The van der Waals surface area contributed by atoms with Gasteiger partial charge in [-0.2, -0.15) is 18.1 Å². The number of nitrogens with zero attached hydrogens (tertiary/aromatic N) is 1. The molecule has 9 heteroatoms. The van der Waals surface area contributed by atoms with Gasteiger partial charge in [0.25, 0.3) is 0 Å². The Bertz CT molecular complexity index is 1120. The summed E-state index contributed by atoms with van der Waals surface area (Å²) in [4.78, 5) is 36.3. The Balaban J connectivity index is 1.59. The first-order valence-corrected chi connectivity index (χ1v) is 11.5. The lowest BCUT2D eigenvalue weighted by atomic mass is 9.91. The van der Waals surface area contributed by atoms with Gasteiger partial charge >= 0.3 is 12.1 Å². The molecule has 0 saturated carbocycles. The summed E-state index contributed by atoms with van der Waals surface area (Å²) in [5.41, 5.74) is 0.628. The quantitative estimate of drug-likeness (QED) is 0.334. The molecule has 0 aliphatic carbocycles. The molecule has 0 radical (unpaired) electrons. The number of fused-ring (bicyclic) bond motifs is 1. The average Bonchev–Trinajstić information content (AvgIpc) is 2.86. The maximum atomic E-state index is 13.9. The van der Waals surface area contributed by atoms with Crippen LogP contribution in [0.3, 0.4) is 0 Å². The largest absolute Gasteiger partial charge is 0.466 e. The molecule has 0 atom stereocenters. The van der Waals surface area contributed by atoms with Crippen molar-refractivity contribution in [1.29, 1.82) is 0 Å². The first kappa shape index (κ1) is 24.8. The maximum Gasteiger partial charge on any atom is 0.417 e. The Morgan fingerprint density at radius 2 is 1.94 bits per heavy atom. The van der Waals surface area contributed by atoms with Crippen molar-refractivity contribution in [2.45, 2.75) is 32.4 Å². The van der Waals surface area contributed by atoms with Crippen molar-refractivity contribution in [3.63, 3.8) is 0 Å². The van der Waals surface area contributed by atoms with E-state index in [-0.39, 0.29) is 28.9 Å². The molecule has 2 aromatic carbocycles. The van der Waals surface area contributed by atoms with E-state index in [4.69, 9.17) is 14.5 Å². The zero-order valence-corrected chi connectivity index (χ0v) is 19.3. The summed E-state index contributed by atoms with van der Waals surface area (Å²) in [6, 6.07) is 8.73.